The van der Waals surface area contributed by atoms with Gasteiger partial charge in [-0.1, -0.05) is 18.2 Å². The van der Waals surface area contributed by atoms with E-state index >= 15 is 0 Å². The Morgan fingerprint density at radius 3 is 2.70 bits per heavy atom. The third-order valence-corrected chi connectivity index (χ3v) is 7.05. The first-order chi connectivity index (χ1) is 17.7. The van der Waals surface area contributed by atoms with Crippen LogP contribution in [-0.2, 0) is 18.6 Å². The molecule has 1 unspecified atom stereocenters. The average molecular weight is 521 g/mol. The number of anilines is 1. The van der Waals surface area contributed by atoms with Crippen LogP contribution < -0.4 is 16.2 Å². The van der Waals surface area contributed by atoms with Gasteiger partial charge in [-0.2, -0.15) is 0 Å². The number of fused-ring (bicyclic) bond motifs is 1. The SMILES string of the molecule is O=C(NCc1cccc(C(F)F)c1F)c1cn(C2(C(F)F)CC2)c(=O)cc1NC1CCCn2cncc21. The Hall–Kier alpha value is -3.70. The van der Waals surface area contributed by atoms with Crippen LogP contribution in [0.2, 0.25) is 0 Å². The highest BCUT2D eigenvalue weighted by Crippen LogP contribution is 2.48. The largest absolute Gasteiger partial charge is 0.376 e. The lowest BCUT2D eigenvalue weighted by Crippen LogP contribution is -2.37. The number of pyridine rings is 1. The molecule has 0 bridgehead atoms. The first kappa shape index (κ1) is 25.0. The van der Waals surface area contributed by atoms with E-state index in [9.17, 15) is 31.5 Å². The predicted molar refractivity (Wildman–Crippen MR) is 124 cm³/mol. The van der Waals surface area contributed by atoms with Gasteiger partial charge in [0.1, 0.15) is 11.4 Å². The van der Waals surface area contributed by atoms with E-state index in [0.29, 0.717) is 6.42 Å². The normalized spacial score (nSPS) is 18.1. The molecule has 196 valence electrons. The molecule has 5 rings (SSSR count). The van der Waals surface area contributed by atoms with Crippen LogP contribution >= 0.6 is 0 Å². The molecule has 0 saturated heterocycles. The fourth-order valence-corrected chi connectivity index (χ4v) is 4.80. The van der Waals surface area contributed by atoms with E-state index in [4.69, 9.17) is 0 Å². The van der Waals surface area contributed by atoms with Crippen molar-refractivity contribution in [3.8, 4) is 0 Å². The van der Waals surface area contributed by atoms with Gasteiger partial charge in [0, 0.05) is 30.9 Å². The van der Waals surface area contributed by atoms with Crippen molar-refractivity contribution in [1.29, 1.82) is 0 Å². The number of aryl methyl sites for hydroxylation is 1. The summed E-state index contributed by atoms with van der Waals surface area (Å²) in [4.78, 5) is 30.3. The molecule has 2 N–H and O–H groups in total. The fraction of sp³-hybridized carbons (Fsp3) is 0.400. The summed E-state index contributed by atoms with van der Waals surface area (Å²) in [6.07, 6.45) is 0.295. The molecule has 37 heavy (non-hydrogen) atoms. The summed E-state index contributed by atoms with van der Waals surface area (Å²) in [6, 6.07) is 4.30. The van der Waals surface area contributed by atoms with E-state index in [2.05, 4.69) is 15.6 Å². The number of hydrogen-bond donors (Lipinski definition) is 2. The number of nitrogens with one attached hydrogen (secondary N) is 2. The Labute approximate surface area is 208 Å². The number of carbonyl (C=O) groups is 1. The zero-order valence-corrected chi connectivity index (χ0v) is 19.6. The topological polar surface area (TPSA) is 81.0 Å². The Bertz CT molecular complexity index is 1380. The standard InChI is InChI=1S/C25H24F5N5O2/c26-21-14(3-1-4-15(21)22(27)28)10-32-23(37)16-12-35(25(6-7-25)24(29)30)20(36)9-18(16)33-17-5-2-8-34-13-31-11-19(17)34/h1,3-4,9,11-13,17,22,24,33H,2,5-8,10H2,(H,32,37). The number of benzene rings is 1. The minimum Gasteiger partial charge on any atom is -0.376 e. The summed E-state index contributed by atoms with van der Waals surface area (Å²) < 4.78 is 71.0. The van der Waals surface area contributed by atoms with Gasteiger partial charge >= 0.3 is 0 Å². The van der Waals surface area contributed by atoms with Crippen LogP contribution in [0.3, 0.4) is 0 Å². The molecule has 2 aliphatic rings. The molecule has 0 radical (unpaired) electrons. The fourth-order valence-electron chi connectivity index (χ4n) is 4.80. The van der Waals surface area contributed by atoms with Gasteiger partial charge in [0.25, 0.3) is 24.3 Å². The van der Waals surface area contributed by atoms with Gasteiger partial charge in [-0.05, 0) is 25.7 Å². The molecule has 7 nitrogen and oxygen atoms in total. The number of aromatic nitrogens is 3. The Kier molecular flexibility index (Phi) is 6.50. The molecule has 1 saturated carbocycles. The molecule has 1 aromatic carbocycles. The van der Waals surface area contributed by atoms with E-state index < -0.39 is 47.8 Å². The monoisotopic (exact) mass is 521 g/mol. The number of halogens is 5. The molecule has 3 aromatic rings. The molecule has 2 aromatic heterocycles. The minimum atomic E-state index is -3.02. The number of imidazole rings is 1. The highest BCUT2D eigenvalue weighted by molar-refractivity contribution is 5.99. The van der Waals surface area contributed by atoms with Crippen molar-refractivity contribution in [2.45, 2.75) is 63.2 Å². The van der Waals surface area contributed by atoms with Crippen molar-refractivity contribution < 1.29 is 26.7 Å². The maximum absolute atomic E-state index is 14.5. The highest BCUT2D eigenvalue weighted by atomic mass is 19.3. The lowest BCUT2D eigenvalue weighted by atomic mass is 10.0. The molecule has 1 amide bonds. The van der Waals surface area contributed by atoms with Crippen LogP contribution in [0.15, 0.2) is 47.8 Å². The number of nitrogens with zero attached hydrogens (tertiary/aromatic N) is 3. The summed E-state index contributed by atoms with van der Waals surface area (Å²) in [5.41, 5.74) is -2.42. The first-order valence-electron chi connectivity index (χ1n) is 11.9. The molecule has 0 spiro atoms. The number of amides is 1. The summed E-state index contributed by atoms with van der Waals surface area (Å²) in [5, 5.41) is 5.66. The second kappa shape index (κ2) is 9.64. The zero-order valence-electron chi connectivity index (χ0n) is 19.6. The van der Waals surface area contributed by atoms with Gasteiger partial charge in [-0.3, -0.25) is 9.59 Å². The minimum absolute atomic E-state index is 0.0891. The maximum atomic E-state index is 14.5. The van der Waals surface area contributed by atoms with Crippen molar-refractivity contribution in [2.24, 2.45) is 0 Å². The van der Waals surface area contributed by atoms with E-state index in [1.54, 1.807) is 12.5 Å². The molecular formula is C25H24F5N5O2. The molecule has 1 aliphatic heterocycles. The lowest BCUT2D eigenvalue weighted by molar-refractivity contribution is 0.0648. The van der Waals surface area contributed by atoms with Crippen LogP contribution in [0.4, 0.5) is 27.6 Å². The number of rotatable bonds is 8. The predicted octanol–water partition coefficient (Wildman–Crippen LogP) is 4.75. The summed E-state index contributed by atoms with van der Waals surface area (Å²) in [5.74, 6) is -1.90. The van der Waals surface area contributed by atoms with Crippen LogP contribution in [0, 0.1) is 5.82 Å². The third kappa shape index (κ3) is 4.60. The second-order valence-electron chi connectivity index (χ2n) is 9.37. The van der Waals surface area contributed by atoms with E-state index in [1.165, 1.54) is 12.1 Å². The van der Waals surface area contributed by atoms with Crippen LogP contribution in [-0.4, -0.2) is 26.5 Å². The first-order valence-corrected chi connectivity index (χ1v) is 11.9. The van der Waals surface area contributed by atoms with E-state index in [-0.39, 0.29) is 35.7 Å². The lowest BCUT2D eigenvalue weighted by Gasteiger charge is -2.27. The number of hydrogen-bond acceptors (Lipinski definition) is 4. The summed E-state index contributed by atoms with van der Waals surface area (Å²) in [6.45, 7) is 0.350. The molecule has 1 aliphatic carbocycles. The van der Waals surface area contributed by atoms with Crippen molar-refractivity contribution in [2.75, 3.05) is 5.32 Å². The van der Waals surface area contributed by atoms with Gasteiger partial charge in [0.2, 0.25) is 0 Å². The molecular weight excluding hydrogens is 497 g/mol. The van der Waals surface area contributed by atoms with Crippen LogP contribution in [0.1, 0.15) is 65.3 Å². The van der Waals surface area contributed by atoms with Gasteiger partial charge < -0.3 is 19.8 Å². The molecule has 12 heteroatoms. The number of carbonyl (C=O) groups excluding carboxylic acids is 1. The highest BCUT2D eigenvalue weighted by Gasteiger charge is 2.53. The van der Waals surface area contributed by atoms with Crippen molar-refractivity contribution in [3.63, 3.8) is 0 Å². The van der Waals surface area contributed by atoms with Crippen molar-refractivity contribution >= 4 is 11.6 Å². The van der Waals surface area contributed by atoms with E-state index in [1.807, 2.05) is 4.57 Å². The second-order valence-corrected chi connectivity index (χ2v) is 9.37. The average Bonchev–Trinajstić information content (AvgIpc) is 3.53. The Balaban J connectivity index is 1.48. The van der Waals surface area contributed by atoms with E-state index in [0.717, 1.165) is 41.6 Å². The molecule has 1 fully saturated rings. The van der Waals surface area contributed by atoms with Crippen molar-refractivity contribution in [3.05, 3.63) is 81.5 Å². The Morgan fingerprint density at radius 2 is 2.00 bits per heavy atom. The van der Waals surface area contributed by atoms with Crippen molar-refractivity contribution in [1.82, 2.24) is 19.4 Å². The maximum Gasteiger partial charge on any atom is 0.266 e. The summed E-state index contributed by atoms with van der Waals surface area (Å²) >= 11 is 0. The third-order valence-electron chi connectivity index (χ3n) is 7.05. The quantitative estimate of drug-likeness (QED) is 0.419. The van der Waals surface area contributed by atoms with Gasteiger partial charge in [0.05, 0.1) is 41.1 Å². The molecule has 1 atom stereocenters. The van der Waals surface area contributed by atoms with Gasteiger partial charge in [0.15, 0.2) is 0 Å². The molecule has 3 heterocycles. The van der Waals surface area contributed by atoms with Crippen LogP contribution in [0.25, 0.3) is 0 Å². The van der Waals surface area contributed by atoms with Gasteiger partial charge in [-0.25, -0.2) is 26.9 Å². The smallest absolute Gasteiger partial charge is 0.266 e. The number of alkyl halides is 4. The van der Waals surface area contributed by atoms with Gasteiger partial charge in [-0.15, -0.1) is 0 Å². The van der Waals surface area contributed by atoms with Crippen LogP contribution in [0.5, 0.6) is 0 Å². The summed E-state index contributed by atoms with van der Waals surface area (Å²) in [7, 11) is 0. The zero-order chi connectivity index (χ0) is 26.3. The Morgan fingerprint density at radius 1 is 1.22 bits per heavy atom.